The lowest BCUT2D eigenvalue weighted by Gasteiger charge is -2.27. The minimum absolute atomic E-state index is 0.576. The normalized spacial score (nSPS) is 26.2. The summed E-state index contributed by atoms with van der Waals surface area (Å²) in [5, 5.41) is 6.96. The molecular weight excluding hydrogens is 216 g/mol. The summed E-state index contributed by atoms with van der Waals surface area (Å²) in [6, 6.07) is 0.736. The lowest BCUT2D eigenvalue weighted by molar-refractivity contribution is 0.355. The molecule has 1 aliphatic carbocycles. The molecule has 1 fully saturated rings. The first kappa shape index (κ1) is 12.1. The van der Waals surface area contributed by atoms with Gasteiger partial charge in [-0.3, -0.25) is 0 Å². The van der Waals surface area contributed by atoms with Crippen molar-refractivity contribution in [3.8, 4) is 0 Å². The molecule has 1 aliphatic rings. The molecule has 1 saturated carbocycles. The summed E-state index contributed by atoms with van der Waals surface area (Å²) in [4.78, 5) is 4.78. The van der Waals surface area contributed by atoms with Crippen LogP contribution in [0.25, 0.3) is 0 Å². The van der Waals surface area contributed by atoms with Gasteiger partial charge in [0.2, 0.25) is 0 Å². The highest BCUT2D eigenvalue weighted by atomic mass is 32.1. The molecule has 0 atom stereocenters. The number of nitrogens with zero attached hydrogens (tertiary/aromatic N) is 1. The summed E-state index contributed by atoms with van der Waals surface area (Å²) in [6.45, 7) is 4.45. The Morgan fingerprint density at radius 1 is 1.31 bits per heavy atom. The third kappa shape index (κ3) is 2.64. The SMILES string of the molecule is CNC1CCC(c2csc(C(C)C)n2)CC1. The van der Waals surface area contributed by atoms with Crippen LogP contribution in [-0.4, -0.2) is 18.1 Å². The monoisotopic (exact) mass is 238 g/mol. The van der Waals surface area contributed by atoms with Crippen molar-refractivity contribution in [2.45, 2.75) is 57.4 Å². The van der Waals surface area contributed by atoms with Crippen LogP contribution in [0.5, 0.6) is 0 Å². The third-order valence-corrected chi connectivity index (χ3v) is 4.75. The van der Waals surface area contributed by atoms with E-state index < -0.39 is 0 Å². The second-order valence-electron chi connectivity index (χ2n) is 5.10. The molecule has 0 radical (unpaired) electrons. The fourth-order valence-corrected chi connectivity index (χ4v) is 3.35. The molecule has 3 heteroatoms. The average Bonchev–Trinajstić information content (AvgIpc) is 2.78. The summed E-state index contributed by atoms with van der Waals surface area (Å²) in [5.41, 5.74) is 1.35. The highest BCUT2D eigenvalue weighted by Crippen LogP contribution is 2.34. The van der Waals surface area contributed by atoms with Crippen LogP contribution in [0.2, 0.25) is 0 Å². The van der Waals surface area contributed by atoms with Gasteiger partial charge in [-0.1, -0.05) is 13.8 Å². The standard InChI is InChI=1S/C13H22N2S/c1-9(2)13-15-12(8-16-13)10-4-6-11(14-3)7-5-10/h8-11,14H,4-7H2,1-3H3. The van der Waals surface area contributed by atoms with Crippen LogP contribution in [0, 0.1) is 0 Å². The van der Waals surface area contributed by atoms with Crippen LogP contribution in [-0.2, 0) is 0 Å². The molecule has 0 aliphatic heterocycles. The van der Waals surface area contributed by atoms with Gasteiger partial charge in [0.1, 0.15) is 0 Å². The van der Waals surface area contributed by atoms with E-state index >= 15 is 0 Å². The van der Waals surface area contributed by atoms with Crippen LogP contribution in [0.3, 0.4) is 0 Å². The van der Waals surface area contributed by atoms with Gasteiger partial charge < -0.3 is 5.32 Å². The lowest BCUT2D eigenvalue weighted by atomic mass is 9.84. The van der Waals surface area contributed by atoms with Crippen LogP contribution in [0.1, 0.15) is 62.1 Å². The van der Waals surface area contributed by atoms with E-state index in [1.54, 1.807) is 0 Å². The van der Waals surface area contributed by atoms with Gasteiger partial charge in [-0.2, -0.15) is 0 Å². The number of rotatable bonds is 3. The quantitative estimate of drug-likeness (QED) is 0.871. The number of hydrogen-bond donors (Lipinski definition) is 1. The van der Waals surface area contributed by atoms with Gasteiger partial charge >= 0.3 is 0 Å². The van der Waals surface area contributed by atoms with Crippen LogP contribution < -0.4 is 5.32 Å². The average molecular weight is 238 g/mol. The predicted octanol–water partition coefficient (Wildman–Crippen LogP) is 3.51. The Labute approximate surface area is 102 Å². The van der Waals surface area contributed by atoms with E-state index in [0.717, 1.165) is 6.04 Å². The lowest BCUT2D eigenvalue weighted by Crippen LogP contribution is -2.29. The molecule has 0 amide bonds. The second kappa shape index (κ2) is 5.28. The molecule has 0 spiro atoms. The zero-order valence-electron chi connectivity index (χ0n) is 10.5. The highest BCUT2D eigenvalue weighted by molar-refractivity contribution is 7.09. The minimum atomic E-state index is 0.576. The van der Waals surface area contributed by atoms with Gasteiger partial charge in [-0.05, 0) is 32.7 Å². The van der Waals surface area contributed by atoms with Gasteiger partial charge in [0.25, 0.3) is 0 Å². The number of nitrogens with one attached hydrogen (secondary N) is 1. The molecule has 1 aromatic heterocycles. The Kier molecular flexibility index (Phi) is 3.98. The van der Waals surface area contributed by atoms with Crippen LogP contribution in [0.4, 0.5) is 0 Å². The molecule has 0 unspecified atom stereocenters. The van der Waals surface area contributed by atoms with E-state index in [1.807, 2.05) is 11.3 Å². The van der Waals surface area contributed by atoms with E-state index in [0.29, 0.717) is 11.8 Å². The van der Waals surface area contributed by atoms with Crippen molar-refractivity contribution >= 4 is 11.3 Å². The molecule has 16 heavy (non-hydrogen) atoms. The first-order valence-electron chi connectivity index (χ1n) is 6.33. The topological polar surface area (TPSA) is 24.9 Å². The Morgan fingerprint density at radius 2 is 2.00 bits per heavy atom. The van der Waals surface area contributed by atoms with Crippen molar-refractivity contribution in [3.05, 3.63) is 16.1 Å². The van der Waals surface area contributed by atoms with E-state index in [1.165, 1.54) is 36.4 Å². The Morgan fingerprint density at radius 3 is 2.50 bits per heavy atom. The summed E-state index contributed by atoms with van der Waals surface area (Å²) in [7, 11) is 2.07. The molecule has 0 bridgehead atoms. The molecule has 90 valence electrons. The maximum atomic E-state index is 4.78. The molecular formula is C13H22N2S. The minimum Gasteiger partial charge on any atom is -0.317 e. The van der Waals surface area contributed by atoms with Crippen molar-refractivity contribution < 1.29 is 0 Å². The zero-order chi connectivity index (χ0) is 11.5. The van der Waals surface area contributed by atoms with Crippen LogP contribution in [0.15, 0.2) is 5.38 Å². The Hall–Kier alpha value is -0.410. The van der Waals surface area contributed by atoms with Crippen molar-refractivity contribution in [1.82, 2.24) is 10.3 Å². The van der Waals surface area contributed by atoms with Gasteiger partial charge in [0, 0.05) is 23.3 Å². The van der Waals surface area contributed by atoms with E-state index in [4.69, 9.17) is 4.98 Å². The van der Waals surface area contributed by atoms with Crippen molar-refractivity contribution in [2.24, 2.45) is 0 Å². The molecule has 1 aromatic rings. The van der Waals surface area contributed by atoms with Gasteiger partial charge in [0.15, 0.2) is 0 Å². The van der Waals surface area contributed by atoms with Crippen molar-refractivity contribution in [1.29, 1.82) is 0 Å². The van der Waals surface area contributed by atoms with E-state index in [-0.39, 0.29) is 0 Å². The maximum Gasteiger partial charge on any atom is 0.0953 e. The second-order valence-corrected chi connectivity index (χ2v) is 5.99. The molecule has 2 nitrogen and oxygen atoms in total. The first-order chi connectivity index (χ1) is 7.70. The fraction of sp³-hybridized carbons (Fsp3) is 0.769. The van der Waals surface area contributed by atoms with E-state index in [2.05, 4.69) is 31.6 Å². The fourth-order valence-electron chi connectivity index (χ4n) is 2.43. The first-order valence-corrected chi connectivity index (χ1v) is 7.21. The smallest absolute Gasteiger partial charge is 0.0953 e. The summed E-state index contributed by atoms with van der Waals surface area (Å²) < 4.78 is 0. The molecule has 0 aromatic carbocycles. The number of thiazole rings is 1. The van der Waals surface area contributed by atoms with E-state index in [9.17, 15) is 0 Å². The zero-order valence-corrected chi connectivity index (χ0v) is 11.3. The number of hydrogen-bond acceptors (Lipinski definition) is 3. The third-order valence-electron chi connectivity index (χ3n) is 3.59. The van der Waals surface area contributed by atoms with Crippen molar-refractivity contribution in [2.75, 3.05) is 7.05 Å². The molecule has 1 heterocycles. The van der Waals surface area contributed by atoms with Gasteiger partial charge in [0.05, 0.1) is 10.7 Å². The Bertz CT molecular complexity index is 324. The van der Waals surface area contributed by atoms with Crippen LogP contribution >= 0.6 is 11.3 Å². The summed E-state index contributed by atoms with van der Waals surface area (Å²) in [6.07, 6.45) is 5.20. The summed E-state index contributed by atoms with van der Waals surface area (Å²) >= 11 is 1.83. The van der Waals surface area contributed by atoms with Gasteiger partial charge in [-0.25, -0.2) is 4.98 Å². The van der Waals surface area contributed by atoms with Gasteiger partial charge in [-0.15, -0.1) is 11.3 Å². The number of aromatic nitrogens is 1. The largest absolute Gasteiger partial charge is 0.317 e. The van der Waals surface area contributed by atoms with Crippen molar-refractivity contribution in [3.63, 3.8) is 0 Å². The molecule has 0 saturated heterocycles. The predicted molar refractivity (Wildman–Crippen MR) is 70.3 cm³/mol. The molecule has 2 rings (SSSR count). The summed E-state index contributed by atoms with van der Waals surface area (Å²) in [5.74, 6) is 1.29. The maximum absolute atomic E-state index is 4.78. The Balaban J connectivity index is 1.97. The highest BCUT2D eigenvalue weighted by Gasteiger charge is 2.23. The molecule has 1 N–H and O–H groups in total.